The Kier molecular flexibility index (Phi) is 5.01. The molecule has 1 saturated heterocycles. The van der Waals surface area contributed by atoms with Gasteiger partial charge in [0.2, 0.25) is 11.8 Å². The second-order valence-electron chi connectivity index (χ2n) is 9.09. The van der Waals surface area contributed by atoms with Gasteiger partial charge < -0.3 is 14.1 Å². The Bertz CT molecular complexity index is 1670. The molecule has 2 aliphatic heterocycles. The van der Waals surface area contributed by atoms with Crippen LogP contribution in [0, 0.1) is 11.3 Å². The van der Waals surface area contributed by atoms with Crippen LogP contribution in [-0.2, 0) is 21.5 Å². The molecule has 1 atom stereocenters. The third-order valence-corrected chi connectivity index (χ3v) is 6.81. The van der Waals surface area contributed by atoms with Crippen molar-refractivity contribution in [2.24, 2.45) is 0 Å². The number of ether oxygens (including phenoxy) is 1. The molecule has 10 heteroatoms. The van der Waals surface area contributed by atoms with E-state index < -0.39 is 17.2 Å². The molecule has 5 heterocycles. The molecule has 0 saturated carbocycles. The van der Waals surface area contributed by atoms with Crippen molar-refractivity contribution in [1.29, 1.82) is 5.26 Å². The Morgan fingerprint density at radius 2 is 2.03 bits per heavy atom. The van der Waals surface area contributed by atoms with Gasteiger partial charge in [0.15, 0.2) is 5.58 Å². The van der Waals surface area contributed by atoms with E-state index in [2.05, 4.69) is 21.4 Å². The normalized spacial score (nSPS) is 18.7. The molecule has 182 valence electrons. The summed E-state index contributed by atoms with van der Waals surface area (Å²) in [4.78, 5) is 49.1. The van der Waals surface area contributed by atoms with Crippen molar-refractivity contribution in [3.63, 3.8) is 0 Å². The number of nitrogens with one attached hydrogen (secondary N) is 1. The van der Waals surface area contributed by atoms with Gasteiger partial charge in [-0.25, -0.2) is 4.98 Å². The lowest BCUT2D eigenvalue weighted by Gasteiger charge is -2.28. The summed E-state index contributed by atoms with van der Waals surface area (Å²) in [5.74, 6) is -0.400. The number of hydrogen-bond donors (Lipinski definition) is 1. The lowest BCUT2D eigenvalue weighted by molar-refractivity contribution is -0.127. The van der Waals surface area contributed by atoms with E-state index in [1.807, 2.05) is 6.07 Å². The van der Waals surface area contributed by atoms with Crippen molar-refractivity contribution in [3.8, 4) is 23.1 Å². The highest BCUT2D eigenvalue weighted by Gasteiger charge is 2.53. The number of imide groups is 1. The molecular formula is C27H19N5O5. The maximum atomic E-state index is 13.2. The van der Waals surface area contributed by atoms with Gasteiger partial charge in [0.25, 0.3) is 5.91 Å². The van der Waals surface area contributed by atoms with Gasteiger partial charge in [-0.1, -0.05) is 6.07 Å². The van der Waals surface area contributed by atoms with Gasteiger partial charge in [0.1, 0.15) is 28.5 Å². The van der Waals surface area contributed by atoms with Crippen LogP contribution in [0.4, 0.5) is 0 Å². The number of methoxy groups -OCH3 is 1. The molecule has 1 aromatic carbocycles. The number of pyridine rings is 2. The van der Waals surface area contributed by atoms with Gasteiger partial charge in [-0.05, 0) is 35.9 Å². The minimum atomic E-state index is -1.40. The molecule has 0 bridgehead atoms. The molecule has 4 aromatic rings. The molecule has 1 N–H and O–H groups in total. The van der Waals surface area contributed by atoms with Crippen LogP contribution in [0.1, 0.15) is 33.7 Å². The second-order valence-corrected chi connectivity index (χ2v) is 9.09. The van der Waals surface area contributed by atoms with E-state index in [0.717, 1.165) is 5.56 Å². The summed E-state index contributed by atoms with van der Waals surface area (Å²) in [5.41, 5.74) is 2.45. The molecule has 0 aliphatic carbocycles. The van der Waals surface area contributed by atoms with Gasteiger partial charge in [-0.3, -0.25) is 24.7 Å². The quantitative estimate of drug-likeness (QED) is 0.419. The Morgan fingerprint density at radius 1 is 1.16 bits per heavy atom. The summed E-state index contributed by atoms with van der Waals surface area (Å²) < 4.78 is 11.3. The van der Waals surface area contributed by atoms with Crippen LogP contribution in [0.15, 0.2) is 59.3 Å². The Morgan fingerprint density at radius 3 is 2.78 bits per heavy atom. The van der Waals surface area contributed by atoms with Crippen molar-refractivity contribution in [1.82, 2.24) is 20.2 Å². The number of fused-ring (bicyclic) bond motifs is 2. The van der Waals surface area contributed by atoms with Crippen LogP contribution in [0.2, 0.25) is 0 Å². The molecule has 0 unspecified atom stereocenters. The summed E-state index contributed by atoms with van der Waals surface area (Å²) in [6, 6.07) is 14.1. The minimum absolute atomic E-state index is 0.0405. The van der Waals surface area contributed by atoms with Gasteiger partial charge in [0, 0.05) is 42.7 Å². The lowest BCUT2D eigenvalue weighted by atomic mass is 9.82. The standard InChI is InChI=1S/C27H19N5O5/c1-36-18-3-2-16-13-32(25(34)19(16)7-18)14-27(9-24(33)31-26(27)35)23-8-21-22(37-23)5-4-20(30-21)17-6-15(10-28)11-29-12-17/h2-8,11-12H,9,13-14H2,1H3,(H,31,33,35)/t27-/m1/s1. The number of furan rings is 1. The number of rotatable bonds is 5. The molecular weight excluding hydrogens is 474 g/mol. The van der Waals surface area contributed by atoms with E-state index in [9.17, 15) is 19.6 Å². The highest BCUT2D eigenvalue weighted by molar-refractivity contribution is 6.10. The Balaban J connectivity index is 1.38. The average Bonchev–Trinajstić information content (AvgIpc) is 3.57. The molecule has 1 fully saturated rings. The molecule has 6 rings (SSSR count). The van der Waals surface area contributed by atoms with Crippen LogP contribution in [0.25, 0.3) is 22.4 Å². The number of carbonyl (C=O) groups excluding carboxylic acids is 3. The Labute approximate surface area is 210 Å². The number of nitriles is 1. The first-order chi connectivity index (χ1) is 17.9. The van der Waals surface area contributed by atoms with Crippen LogP contribution in [0.3, 0.4) is 0 Å². The lowest BCUT2D eigenvalue weighted by Crippen LogP contribution is -2.46. The molecule has 0 radical (unpaired) electrons. The van der Waals surface area contributed by atoms with Crippen LogP contribution >= 0.6 is 0 Å². The highest BCUT2D eigenvalue weighted by atomic mass is 16.5. The fourth-order valence-corrected chi connectivity index (χ4v) is 4.93. The molecule has 2 aliphatic rings. The molecule has 10 nitrogen and oxygen atoms in total. The molecule has 3 amide bonds. The number of nitrogens with zero attached hydrogens (tertiary/aromatic N) is 4. The summed E-state index contributed by atoms with van der Waals surface area (Å²) in [5, 5.41) is 11.5. The number of amides is 3. The predicted molar refractivity (Wildman–Crippen MR) is 129 cm³/mol. The van der Waals surface area contributed by atoms with E-state index in [1.165, 1.54) is 13.3 Å². The minimum Gasteiger partial charge on any atom is -0.497 e. The average molecular weight is 493 g/mol. The predicted octanol–water partition coefficient (Wildman–Crippen LogP) is 2.71. The zero-order chi connectivity index (χ0) is 25.7. The zero-order valence-electron chi connectivity index (χ0n) is 19.6. The fourth-order valence-electron chi connectivity index (χ4n) is 4.93. The van der Waals surface area contributed by atoms with E-state index in [-0.39, 0.29) is 24.6 Å². The summed E-state index contributed by atoms with van der Waals surface area (Å²) in [6.45, 7) is 0.257. The first kappa shape index (κ1) is 22.4. The maximum Gasteiger partial charge on any atom is 0.254 e. The zero-order valence-corrected chi connectivity index (χ0v) is 19.6. The van der Waals surface area contributed by atoms with E-state index in [1.54, 1.807) is 47.5 Å². The fraction of sp³-hybridized carbons (Fsp3) is 0.185. The van der Waals surface area contributed by atoms with E-state index in [4.69, 9.17) is 9.15 Å². The number of carbonyl (C=O) groups is 3. The van der Waals surface area contributed by atoms with Crippen LogP contribution in [-0.4, -0.2) is 46.2 Å². The SMILES string of the molecule is COc1ccc2c(c1)C(=O)N(C[C@@]1(c3cc4nc(-c5cncc(C#N)c5)ccc4o3)CC(=O)NC1=O)C2. The maximum absolute atomic E-state index is 13.2. The largest absolute Gasteiger partial charge is 0.497 e. The van der Waals surface area contributed by atoms with Crippen LogP contribution in [0.5, 0.6) is 5.75 Å². The first-order valence-electron chi connectivity index (χ1n) is 11.5. The van der Waals surface area contributed by atoms with Gasteiger partial charge >= 0.3 is 0 Å². The summed E-state index contributed by atoms with van der Waals surface area (Å²) in [7, 11) is 1.53. The van der Waals surface area contributed by atoms with E-state index >= 15 is 0 Å². The number of aromatic nitrogens is 2. The topological polar surface area (TPSA) is 138 Å². The molecule has 0 spiro atoms. The van der Waals surface area contributed by atoms with Gasteiger partial charge in [0.05, 0.1) is 24.8 Å². The van der Waals surface area contributed by atoms with Crippen molar-refractivity contribution in [2.45, 2.75) is 18.4 Å². The number of benzene rings is 1. The first-order valence-corrected chi connectivity index (χ1v) is 11.5. The molecule has 37 heavy (non-hydrogen) atoms. The van der Waals surface area contributed by atoms with Crippen molar-refractivity contribution >= 4 is 28.8 Å². The third kappa shape index (κ3) is 3.60. The van der Waals surface area contributed by atoms with Gasteiger partial charge in [-0.2, -0.15) is 5.26 Å². The molecule has 3 aromatic heterocycles. The van der Waals surface area contributed by atoms with Crippen molar-refractivity contribution in [2.75, 3.05) is 13.7 Å². The summed E-state index contributed by atoms with van der Waals surface area (Å²) in [6.07, 6.45) is 2.91. The monoisotopic (exact) mass is 493 g/mol. The highest BCUT2D eigenvalue weighted by Crippen LogP contribution is 2.39. The Hall–Kier alpha value is -5.04. The number of hydrogen-bond acceptors (Lipinski definition) is 8. The second kappa shape index (κ2) is 8.27. The van der Waals surface area contributed by atoms with Crippen LogP contribution < -0.4 is 10.1 Å². The third-order valence-electron chi connectivity index (χ3n) is 6.81. The van der Waals surface area contributed by atoms with E-state index in [0.29, 0.717) is 45.8 Å². The summed E-state index contributed by atoms with van der Waals surface area (Å²) >= 11 is 0. The van der Waals surface area contributed by atoms with Gasteiger partial charge in [-0.15, -0.1) is 0 Å². The van der Waals surface area contributed by atoms with Crippen molar-refractivity contribution < 1.29 is 23.5 Å². The smallest absolute Gasteiger partial charge is 0.254 e. The van der Waals surface area contributed by atoms with Crippen molar-refractivity contribution in [3.05, 3.63) is 77.3 Å².